The zero-order chi connectivity index (χ0) is 91.3. The Kier molecular flexibility index (Phi) is 77.0. The maximum absolute atomic E-state index is 12.5. The molecule has 4 aromatic rings. The molecule has 10 N–H and O–H groups in total. The minimum absolute atomic E-state index is 0. The Morgan fingerprint density at radius 3 is 0.927 bits per heavy atom. The molecule has 9 unspecified atom stereocenters. The van der Waals surface area contributed by atoms with Gasteiger partial charge in [0.05, 0.1) is 35.6 Å². The molecule has 5 saturated carbocycles. The van der Waals surface area contributed by atoms with E-state index in [0.717, 1.165) is 132 Å². The SMILES string of the molecule is C.C1CCC1.CC.CCC(C)C(C)C(C)(c1cc(CC(=O)O)c(-c2cc(CNC(=O)CC3CCCC3)c(C)[nH]2)[nH]1)C(C)CC.CCC(C)C(C)C(C)(c1cc(CC(=O)O)c(-c2cc(CNC(=O)CC3[CH-]CCC3)c(C)[nH]2)[nH]1)C(C)CC.CCCC.CCCC.CCCC.CCCC.CCCC.CNC(=O)CC1CCCC1.CNC(=O)CC1CCCC1.[Fe].[Fe]. The fourth-order valence-corrected chi connectivity index (χ4v) is 15.8. The second-order valence-corrected chi connectivity index (χ2v) is 36.0. The van der Waals surface area contributed by atoms with Gasteiger partial charge in [-0.1, -0.05) is 341 Å². The number of carbonyl (C=O) groups is 6. The predicted molar refractivity (Wildman–Crippen MR) is 521 cm³/mol. The number of unbranched alkanes of at least 4 members (excludes halogenated alkanes) is 5. The Balaban J connectivity index is -0.000000492. The van der Waals surface area contributed by atoms with E-state index in [4.69, 9.17) is 0 Å². The smallest absolute Gasteiger partial charge is 0.307 e. The molecule has 4 amide bonds. The molecule has 720 valence electrons. The molecule has 0 aliphatic heterocycles. The average molecular weight is 1810 g/mol. The molecule has 4 heterocycles. The van der Waals surface area contributed by atoms with Gasteiger partial charge in [0.2, 0.25) is 23.6 Å². The monoisotopic (exact) mass is 1810 g/mol. The average Bonchev–Trinajstić information content (AvgIpc) is 1.63. The molecule has 0 bridgehead atoms. The Morgan fingerprint density at radius 2 is 0.691 bits per heavy atom. The van der Waals surface area contributed by atoms with Crippen molar-refractivity contribution in [3.63, 3.8) is 0 Å². The Hall–Kier alpha value is -5.02. The largest absolute Gasteiger partial charge is 0.481 e. The third-order valence-corrected chi connectivity index (χ3v) is 27.2. The molecular weight excluding hydrogens is 1610 g/mol. The normalized spacial score (nSPS) is 16.7. The third-order valence-electron chi connectivity index (χ3n) is 27.2. The predicted octanol–water partition coefficient (Wildman–Crippen LogP) is 28.9. The van der Waals surface area contributed by atoms with Crippen molar-refractivity contribution in [2.45, 2.75) is 462 Å². The van der Waals surface area contributed by atoms with Gasteiger partial charge in [-0.05, 0) is 152 Å². The van der Waals surface area contributed by atoms with Gasteiger partial charge in [-0.2, -0.15) is 12.3 Å². The van der Waals surface area contributed by atoms with Crippen molar-refractivity contribution in [2.24, 2.45) is 59.2 Å². The van der Waals surface area contributed by atoms with Crippen LogP contribution in [0.1, 0.15) is 456 Å². The molecule has 5 aliphatic carbocycles. The summed E-state index contributed by atoms with van der Waals surface area (Å²) in [5.41, 5.74) is 11.0. The molecule has 123 heavy (non-hydrogen) atoms. The third kappa shape index (κ3) is 48.8. The van der Waals surface area contributed by atoms with Crippen LogP contribution in [0, 0.1) is 79.4 Å². The molecular formula is C105H195Fe2N8O8-. The summed E-state index contributed by atoms with van der Waals surface area (Å²) in [6.45, 7) is 58.3. The zero-order valence-electron chi connectivity index (χ0n) is 83.7. The van der Waals surface area contributed by atoms with Crippen molar-refractivity contribution in [3.8, 4) is 22.8 Å². The topological polar surface area (TPSA) is 254 Å². The number of aromatic nitrogens is 4. The number of carbonyl (C=O) groups excluding carboxylic acids is 4. The maximum atomic E-state index is 12.5. The fourth-order valence-electron chi connectivity index (χ4n) is 15.8. The molecule has 5 fully saturated rings. The summed E-state index contributed by atoms with van der Waals surface area (Å²) in [4.78, 5) is 84.6. The van der Waals surface area contributed by atoms with Gasteiger partial charge in [0.25, 0.3) is 0 Å². The van der Waals surface area contributed by atoms with E-state index in [1.165, 1.54) is 161 Å². The van der Waals surface area contributed by atoms with E-state index in [1.54, 1.807) is 14.1 Å². The first-order valence-electron chi connectivity index (χ1n) is 49.3. The number of hydrogen-bond acceptors (Lipinski definition) is 6. The molecule has 16 nitrogen and oxygen atoms in total. The molecule has 18 heteroatoms. The summed E-state index contributed by atoms with van der Waals surface area (Å²) < 4.78 is 0. The standard InChI is InChI=1S/C31H49N3O3.C31H48N3O3.2C8H15NO.C4H8.5C4H10.C2H6.CH4.2Fe/c2*1-8-19(3)21(5)31(7,20(4)9-2)27-16-24(17-29(36)37)30(34-27)26-15-25(22(6)33-26)18-32-28(35)14-23-12-10-11-13-23;2*1-9-8(10)6-7-4-2-3-5-7;1-2-4-3-1;5*1-3-4-2;1-2;;;/h15-16,19-21,23,33-34H,8-14,17-18H2,1-7H3,(H,32,35)(H,36,37);12,15-16,19-21,23,33-34H,8-11,13-14,17-18H2,1-7H3,(H,32,35)(H,36,37);2*7H,2-6H2,1H3,(H,9,10);1-4H2;5*3-4H2,1-2H3;1-2H3;1H4;;/q;-1;;;;;;;;;;;;. The summed E-state index contributed by atoms with van der Waals surface area (Å²) in [6.07, 6.45) is 46.9. The molecule has 0 spiro atoms. The van der Waals surface area contributed by atoms with Crippen LogP contribution in [0.5, 0.6) is 0 Å². The first kappa shape index (κ1) is 126. The van der Waals surface area contributed by atoms with Gasteiger partial charge in [0.15, 0.2) is 0 Å². The number of aryl methyl sites for hydroxylation is 2. The summed E-state index contributed by atoms with van der Waals surface area (Å²) >= 11 is 0. The summed E-state index contributed by atoms with van der Waals surface area (Å²) in [7, 11) is 3.41. The molecule has 9 rings (SSSR count). The molecule has 5 aliphatic rings. The van der Waals surface area contributed by atoms with Crippen LogP contribution in [0.2, 0.25) is 0 Å². The molecule has 0 aromatic carbocycles. The first-order chi connectivity index (χ1) is 57.2. The van der Waals surface area contributed by atoms with E-state index >= 15 is 0 Å². The van der Waals surface area contributed by atoms with Crippen LogP contribution in [-0.4, -0.2) is 79.8 Å². The van der Waals surface area contributed by atoms with E-state index < -0.39 is 11.9 Å². The summed E-state index contributed by atoms with van der Waals surface area (Å²) in [6, 6.07) is 8.29. The molecule has 9 atom stereocenters. The van der Waals surface area contributed by atoms with Crippen molar-refractivity contribution in [3.05, 3.63) is 75.7 Å². The van der Waals surface area contributed by atoms with Crippen molar-refractivity contribution < 1.29 is 73.1 Å². The number of nitrogens with one attached hydrogen (secondary N) is 8. The van der Waals surface area contributed by atoms with Crippen molar-refractivity contribution in [1.29, 1.82) is 0 Å². The van der Waals surface area contributed by atoms with Gasteiger partial charge < -0.3 is 57.8 Å². The van der Waals surface area contributed by atoms with Crippen LogP contribution < -0.4 is 21.3 Å². The van der Waals surface area contributed by atoms with E-state index in [-0.39, 0.29) is 88.9 Å². The van der Waals surface area contributed by atoms with Crippen LogP contribution in [0.25, 0.3) is 22.8 Å². The maximum Gasteiger partial charge on any atom is 0.307 e. The summed E-state index contributed by atoms with van der Waals surface area (Å²) in [5, 5.41) is 30.9. The van der Waals surface area contributed by atoms with Crippen LogP contribution in [0.3, 0.4) is 0 Å². The van der Waals surface area contributed by atoms with Crippen LogP contribution in [-0.2, 0) is 99.7 Å². The number of hydrogen-bond donors (Lipinski definition) is 10. The van der Waals surface area contributed by atoms with Gasteiger partial charge in [0, 0.05) is 121 Å². The van der Waals surface area contributed by atoms with Crippen molar-refractivity contribution in [1.82, 2.24) is 41.2 Å². The molecule has 0 radical (unpaired) electrons. The number of carboxylic acids is 2. The van der Waals surface area contributed by atoms with E-state index in [0.29, 0.717) is 85.1 Å². The van der Waals surface area contributed by atoms with Gasteiger partial charge in [-0.15, -0.1) is 0 Å². The van der Waals surface area contributed by atoms with E-state index in [2.05, 4.69) is 224 Å². The summed E-state index contributed by atoms with van der Waals surface area (Å²) in [5.74, 6) is 3.99. The van der Waals surface area contributed by atoms with E-state index in [1.807, 2.05) is 27.7 Å². The molecule has 0 saturated heterocycles. The Bertz CT molecular complexity index is 3030. The number of aromatic amines is 4. The minimum atomic E-state index is -0.841. The van der Waals surface area contributed by atoms with E-state index in [9.17, 15) is 39.0 Å². The number of aliphatic carboxylic acids is 2. The van der Waals surface area contributed by atoms with Crippen molar-refractivity contribution in [2.75, 3.05) is 14.1 Å². The van der Waals surface area contributed by atoms with Crippen LogP contribution in [0.15, 0.2) is 24.3 Å². The second-order valence-electron chi connectivity index (χ2n) is 36.0. The number of rotatable bonds is 35. The second kappa shape index (κ2) is 74.9. The Labute approximate surface area is 778 Å². The zero-order valence-corrected chi connectivity index (χ0v) is 85.9. The van der Waals surface area contributed by atoms with Gasteiger partial charge in [0.1, 0.15) is 0 Å². The number of H-pyrrole nitrogens is 4. The quantitative estimate of drug-likeness (QED) is 0.0156. The number of amides is 4. The first-order valence-corrected chi connectivity index (χ1v) is 49.3. The van der Waals surface area contributed by atoms with Crippen molar-refractivity contribution >= 4 is 35.6 Å². The fraction of sp³-hybridized carbons (Fsp3) is 0.781. The van der Waals surface area contributed by atoms with Crippen LogP contribution >= 0.6 is 0 Å². The van der Waals surface area contributed by atoms with Gasteiger partial charge in [-0.3, -0.25) is 28.8 Å². The number of carboxylic acid groups (broad SMARTS) is 2. The minimum Gasteiger partial charge on any atom is -0.481 e. The molecule has 4 aromatic heterocycles. The van der Waals surface area contributed by atoms with Gasteiger partial charge >= 0.3 is 11.9 Å². The van der Waals surface area contributed by atoms with Crippen LogP contribution in [0.4, 0.5) is 0 Å². The Morgan fingerprint density at radius 1 is 0.407 bits per heavy atom. The van der Waals surface area contributed by atoms with Gasteiger partial charge in [-0.25, -0.2) is 0 Å².